The van der Waals surface area contributed by atoms with Crippen molar-refractivity contribution < 1.29 is 4.79 Å². The van der Waals surface area contributed by atoms with Crippen molar-refractivity contribution in [1.29, 1.82) is 0 Å². The van der Waals surface area contributed by atoms with Crippen LogP contribution in [0.25, 0.3) is 21.9 Å². The Bertz CT molecular complexity index is 1670. The Balaban J connectivity index is 1.44. The number of fused-ring (bicyclic) bond motifs is 1. The Morgan fingerprint density at radius 3 is 2.70 bits per heavy atom. The second-order valence-corrected chi connectivity index (χ2v) is 10.0. The van der Waals surface area contributed by atoms with Crippen molar-refractivity contribution in [3.05, 3.63) is 98.3 Å². The minimum Gasteiger partial charge on any atom is -0.355 e. The third-order valence-electron chi connectivity index (χ3n) is 6.33. The summed E-state index contributed by atoms with van der Waals surface area (Å²) in [5.41, 5.74) is 7.07. The molecule has 0 atom stereocenters. The van der Waals surface area contributed by atoms with Crippen molar-refractivity contribution in [3.63, 3.8) is 0 Å². The van der Waals surface area contributed by atoms with Gasteiger partial charge in [-0.15, -0.1) is 11.3 Å². The maximum Gasteiger partial charge on any atom is 0.268 e. The predicted molar refractivity (Wildman–Crippen MR) is 145 cm³/mol. The summed E-state index contributed by atoms with van der Waals surface area (Å²) in [4.78, 5) is 35.9. The van der Waals surface area contributed by atoms with Crippen LogP contribution < -0.4 is 10.9 Å². The first-order valence-corrected chi connectivity index (χ1v) is 13.0. The highest BCUT2D eigenvalue weighted by atomic mass is 32.1. The van der Waals surface area contributed by atoms with Gasteiger partial charge in [-0.25, -0.2) is 9.67 Å². The van der Waals surface area contributed by atoms with E-state index in [9.17, 15) is 9.59 Å². The number of nitrogens with one attached hydrogen (secondary N) is 1. The van der Waals surface area contributed by atoms with E-state index >= 15 is 0 Å². The van der Waals surface area contributed by atoms with E-state index in [-0.39, 0.29) is 17.9 Å². The zero-order valence-electron chi connectivity index (χ0n) is 21.3. The Kier molecular flexibility index (Phi) is 6.71. The first-order chi connectivity index (χ1) is 17.8. The SMILES string of the molecule is Cc1ccc(C)c(-n2nc(-c3c(C)nc4scc(CC(=O)NCCc5ccccn5)n4c3=O)cc2C)c1. The van der Waals surface area contributed by atoms with Crippen LogP contribution in [0.1, 0.15) is 33.9 Å². The number of hydrogen-bond donors (Lipinski definition) is 1. The molecular formula is C28H28N6O2S. The lowest BCUT2D eigenvalue weighted by molar-refractivity contribution is -0.120. The molecule has 0 fully saturated rings. The van der Waals surface area contributed by atoms with E-state index in [4.69, 9.17) is 5.10 Å². The van der Waals surface area contributed by atoms with Crippen molar-refractivity contribution >= 4 is 22.2 Å². The van der Waals surface area contributed by atoms with Crippen molar-refractivity contribution in [2.24, 2.45) is 0 Å². The summed E-state index contributed by atoms with van der Waals surface area (Å²) in [6.07, 6.45) is 2.47. The monoisotopic (exact) mass is 512 g/mol. The molecule has 0 bridgehead atoms. The van der Waals surface area contributed by atoms with Crippen molar-refractivity contribution in [2.75, 3.05) is 6.54 Å². The number of amides is 1. The highest BCUT2D eigenvalue weighted by Crippen LogP contribution is 2.25. The zero-order valence-corrected chi connectivity index (χ0v) is 22.1. The van der Waals surface area contributed by atoms with Gasteiger partial charge in [-0.2, -0.15) is 5.10 Å². The fraction of sp³-hybridized carbons (Fsp3) is 0.250. The molecular weight excluding hydrogens is 484 g/mol. The number of thiazole rings is 1. The lowest BCUT2D eigenvalue weighted by atomic mass is 10.1. The average Bonchev–Trinajstić information content (AvgIpc) is 3.44. The molecule has 5 aromatic rings. The molecule has 1 N–H and O–H groups in total. The molecule has 4 aromatic heterocycles. The summed E-state index contributed by atoms with van der Waals surface area (Å²) in [6, 6.07) is 13.8. The molecule has 0 aliphatic rings. The quantitative estimate of drug-likeness (QED) is 0.354. The number of aryl methyl sites for hydroxylation is 4. The Labute approximate surface area is 218 Å². The summed E-state index contributed by atoms with van der Waals surface area (Å²) < 4.78 is 3.41. The van der Waals surface area contributed by atoms with Crippen LogP contribution in [0.4, 0.5) is 0 Å². The summed E-state index contributed by atoms with van der Waals surface area (Å²) in [7, 11) is 0. The highest BCUT2D eigenvalue weighted by Gasteiger charge is 2.20. The van der Waals surface area contributed by atoms with Gasteiger partial charge in [0.2, 0.25) is 5.91 Å². The second kappa shape index (κ2) is 10.1. The summed E-state index contributed by atoms with van der Waals surface area (Å²) in [5, 5.41) is 9.56. The van der Waals surface area contributed by atoms with E-state index in [2.05, 4.69) is 33.5 Å². The van der Waals surface area contributed by atoms with Gasteiger partial charge in [-0.05, 0) is 63.1 Å². The molecule has 1 amide bonds. The van der Waals surface area contributed by atoms with Crippen molar-refractivity contribution in [3.8, 4) is 16.9 Å². The van der Waals surface area contributed by atoms with Crippen LogP contribution >= 0.6 is 11.3 Å². The van der Waals surface area contributed by atoms with Gasteiger partial charge < -0.3 is 5.32 Å². The van der Waals surface area contributed by atoms with E-state index in [1.807, 2.05) is 62.0 Å². The molecule has 0 radical (unpaired) electrons. The van der Waals surface area contributed by atoms with Gasteiger partial charge in [0.05, 0.1) is 23.4 Å². The number of pyridine rings is 1. The first-order valence-electron chi connectivity index (χ1n) is 12.1. The van der Waals surface area contributed by atoms with E-state index in [0.29, 0.717) is 40.6 Å². The van der Waals surface area contributed by atoms with E-state index in [1.54, 1.807) is 6.20 Å². The van der Waals surface area contributed by atoms with Crippen LogP contribution in [-0.4, -0.2) is 36.6 Å². The maximum atomic E-state index is 13.7. The molecule has 0 saturated carbocycles. The molecule has 0 unspecified atom stereocenters. The topological polar surface area (TPSA) is 94.2 Å². The molecule has 9 heteroatoms. The third-order valence-corrected chi connectivity index (χ3v) is 7.20. The molecule has 1 aromatic carbocycles. The molecule has 0 aliphatic carbocycles. The Morgan fingerprint density at radius 1 is 1.08 bits per heavy atom. The van der Waals surface area contributed by atoms with Crippen LogP contribution in [0.15, 0.2) is 58.8 Å². The number of nitrogens with zero attached hydrogens (tertiary/aromatic N) is 5. The molecule has 4 heterocycles. The molecule has 0 spiro atoms. The van der Waals surface area contributed by atoms with Crippen molar-refractivity contribution in [2.45, 2.75) is 40.5 Å². The number of rotatable bonds is 7. The van der Waals surface area contributed by atoms with Gasteiger partial charge in [0.1, 0.15) is 5.69 Å². The Hall–Kier alpha value is -4.11. The molecule has 37 heavy (non-hydrogen) atoms. The normalized spacial score (nSPS) is 11.2. The fourth-order valence-electron chi connectivity index (χ4n) is 4.42. The predicted octanol–water partition coefficient (Wildman–Crippen LogP) is 4.14. The number of hydrogen-bond acceptors (Lipinski definition) is 6. The standard InChI is InChI=1S/C28H28N6O2S/c1-17-8-9-18(2)24(13-17)34-19(3)14-23(32-34)26-20(4)31-28-33(27(26)36)22(16-37-28)15-25(35)30-12-10-21-7-5-6-11-29-21/h5-9,11,13-14,16H,10,12,15H2,1-4H3,(H,30,35). The molecule has 0 aliphatic heterocycles. The van der Waals surface area contributed by atoms with Crippen LogP contribution in [0, 0.1) is 27.7 Å². The fourth-order valence-corrected chi connectivity index (χ4v) is 5.34. The minimum atomic E-state index is -0.217. The van der Waals surface area contributed by atoms with Gasteiger partial charge in [-0.1, -0.05) is 18.2 Å². The number of carbonyl (C=O) groups is 1. The summed E-state index contributed by atoms with van der Waals surface area (Å²) in [5.74, 6) is -0.153. The van der Waals surface area contributed by atoms with Gasteiger partial charge in [0.25, 0.3) is 5.56 Å². The van der Waals surface area contributed by atoms with Gasteiger partial charge in [0.15, 0.2) is 4.96 Å². The highest BCUT2D eigenvalue weighted by molar-refractivity contribution is 7.15. The van der Waals surface area contributed by atoms with Crippen LogP contribution in [0.3, 0.4) is 0 Å². The molecule has 8 nitrogen and oxygen atoms in total. The summed E-state index contributed by atoms with van der Waals surface area (Å²) in [6.45, 7) is 8.37. The Morgan fingerprint density at radius 2 is 1.92 bits per heavy atom. The smallest absolute Gasteiger partial charge is 0.268 e. The molecule has 188 valence electrons. The number of aromatic nitrogens is 5. The van der Waals surface area contributed by atoms with Crippen LogP contribution in [0.5, 0.6) is 0 Å². The van der Waals surface area contributed by atoms with E-state index in [0.717, 1.165) is 28.2 Å². The summed E-state index contributed by atoms with van der Waals surface area (Å²) >= 11 is 1.35. The number of carbonyl (C=O) groups excluding carboxylic acids is 1. The van der Waals surface area contributed by atoms with Gasteiger partial charge in [0, 0.05) is 41.6 Å². The van der Waals surface area contributed by atoms with E-state index < -0.39 is 0 Å². The van der Waals surface area contributed by atoms with Crippen molar-refractivity contribution in [1.82, 2.24) is 29.5 Å². The third kappa shape index (κ3) is 4.95. The van der Waals surface area contributed by atoms with Gasteiger partial charge >= 0.3 is 0 Å². The van der Waals surface area contributed by atoms with Gasteiger partial charge in [-0.3, -0.25) is 19.0 Å². The lowest BCUT2D eigenvalue weighted by Gasteiger charge is -2.09. The molecule has 5 rings (SSSR count). The minimum absolute atomic E-state index is 0.0856. The zero-order chi connectivity index (χ0) is 26.1. The average molecular weight is 513 g/mol. The maximum absolute atomic E-state index is 13.7. The number of benzene rings is 1. The van der Waals surface area contributed by atoms with Crippen LogP contribution in [-0.2, 0) is 17.6 Å². The van der Waals surface area contributed by atoms with E-state index in [1.165, 1.54) is 15.7 Å². The first kappa shape index (κ1) is 24.6. The van der Waals surface area contributed by atoms with Crippen LogP contribution in [0.2, 0.25) is 0 Å². The second-order valence-electron chi connectivity index (χ2n) is 9.19. The largest absolute Gasteiger partial charge is 0.355 e. The lowest BCUT2D eigenvalue weighted by Crippen LogP contribution is -2.29. The molecule has 0 saturated heterocycles.